The molecule has 0 aliphatic rings. The van der Waals surface area contributed by atoms with Crippen molar-refractivity contribution < 1.29 is 13.9 Å². The van der Waals surface area contributed by atoms with Crippen LogP contribution in [-0.4, -0.2) is 22.1 Å². The van der Waals surface area contributed by atoms with E-state index in [4.69, 9.17) is 16.3 Å². The average molecular weight is 388 g/mol. The molecule has 3 aromatic rings. The van der Waals surface area contributed by atoms with Gasteiger partial charge in [-0.25, -0.2) is 9.37 Å². The average Bonchev–Trinajstić information content (AvgIpc) is 3.06. The molecule has 0 aliphatic carbocycles. The molecule has 0 aliphatic heterocycles. The van der Waals surface area contributed by atoms with Crippen molar-refractivity contribution in [2.75, 3.05) is 6.61 Å². The predicted molar refractivity (Wildman–Crippen MR) is 101 cm³/mol. The number of aromatic nitrogens is 2. The monoisotopic (exact) mass is 387 g/mol. The van der Waals surface area contributed by atoms with Crippen molar-refractivity contribution in [2.45, 2.75) is 13.0 Å². The lowest BCUT2D eigenvalue weighted by Crippen LogP contribution is -2.34. The Kier molecular flexibility index (Phi) is 5.76. The highest BCUT2D eigenvalue weighted by Gasteiger charge is 2.21. The van der Waals surface area contributed by atoms with Crippen molar-refractivity contribution in [3.63, 3.8) is 0 Å². The summed E-state index contributed by atoms with van der Waals surface area (Å²) in [5.41, 5.74) is 1.46. The highest BCUT2D eigenvalue weighted by atomic mass is 35.5. The second-order valence-corrected chi connectivity index (χ2v) is 6.56. The SMILES string of the molecule is Cc1cc(OCC(=O)N[C@@H](c2cccc(F)c2)c2nccn2C)ccc1Cl. The van der Waals surface area contributed by atoms with Gasteiger partial charge in [0.05, 0.1) is 0 Å². The molecule has 0 saturated carbocycles. The molecule has 0 fully saturated rings. The summed E-state index contributed by atoms with van der Waals surface area (Å²) >= 11 is 5.99. The molecule has 1 atom stereocenters. The number of benzene rings is 2. The van der Waals surface area contributed by atoms with Gasteiger partial charge in [0.2, 0.25) is 0 Å². The first kappa shape index (κ1) is 18.9. The molecule has 1 heterocycles. The van der Waals surface area contributed by atoms with Gasteiger partial charge in [-0.1, -0.05) is 23.7 Å². The topological polar surface area (TPSA) is 56.1 Å². The Bertz CT molecular complexity index is 958. The van der Waals surface area contributed by atoms with Gasteiger partial charge in [-0.2, -0.15) is 0 Å². The summed E-state index contributed by atoms with van der Waals surface area (Å²) < 4.78 is 21.0. The minimum Gasteiger partial charge on any atom is -0.484 e. The number of carbonyl (C=O) groups excluding carboxylic acids is 1. The summed E-state index contributed by atoms with van der Waals surface area (Å²) in [7, 11) is 1.81. The molecule has 0 saturated heterocycles. The number of imidazole rings is 1. The standard InChI is InChI=1S/C20H19ClFN3O2/c1-13-10-16(6-7-17(13)21)27-12-18(26)24-19(20-23-8-9-25(20)2)14-4-3-5-15(22)11-14/h3-11,19H,12H2,1-2H3,(H,24,26)/t19-/m0/s1. The second-order valence-electron chi connectivity index (χ2n) is 6.15. The smallest absolute Gasteiger partial charge is 0.258 e. The van der Waals surface area contributed by atoms with Crippen molar-refractivity contribution in [2.24, 2.45) is 7.05 Å². The van der Waals surface area contributed by atoms with Crippen molar-refractivity contribution >= 4 is 17.5 Å². The maximum Gasteiger partial charge on any atom is 0.258 e. The molecule has 1 N–H and O–H groups in total. The van der Waals surface area contributed by atoms with Crippen LogP contribution in [0, 0.1) is 12.7 Å². The van der Waals surface area contributed by atoms with E-state index in [0.29, 0.717) is 22.2 Å². The molecular formula is C20H19ClFN3O2. The molecular weight excluding hydrogens is 369 g/mol. The van der Waals surface area contributed by atoms with Crippen molar-refractivity contribution in [1.29, 1.82) is 0 Å². The lowest BCUT2D eigenvalue weighted by Gasteiger charge is -2.19. The number of rotatable bonds is 6. The van der Waals surface area contributed by atoms with E-state index in [1.165, 1.54) is 12.1 Å². The number of nitrogens with one attached hydrogen (secondary N) is 1. The third-order valence-corrected chi connectivity index (χ3v) is 4.53. The minimum atomic E-state index is -0.594. The Morgan fingerprint density at radius 1 is 1.33 bits per heavy atom. The number of aryl methyl sites for hydroxylation is 2. The number of carbonyl (C=O) groups is 1. The highest BCUT2D eigenvalue weighted by molar-refractivity contribution is 6.31. The quantitative estimate of drug-likeness (QED) is 0.699. The lowest BCUT2D eigenvalue weighted by atomic mass is 10.1. The van der Waals surface area contributed by atoms with E-state index in [0.717, 1.165) is 5.56 Å². The van der Waals surface area contributed by atoms with Gasteiger partial charge in [-0.05, 0) is 48.4 Å². The zero-order valence-electron chi connectivity index (χ0n) is 14.9. The Hall–Kier alpha value is -2.86. The molecule has 5 nitrogen and oxygen atoms in total. The van der Waals surface area contributed by atoms with E-state index in [1.54, 1.807) is 47.3 Å². The van der Waals surface area contributed by atoms with E-state index in [-0.39, 0.29) is 18.3 Å². The van der Waals surface area contributed by atoms with Crippen LogP contribution in [0.4, 0.5) is 4.39 Å². The Balaban J connectivity index is 1.74. The third kappa shape index (κ3) is 4.65. The van der Waals surface area contributed by atoms with Crippen LogP contribution in [0.3, 0.4) is 0 Å². The number of halogens is 2. The molecule has 2 aromatic carbocycles. The zero-order chi connectivity index (χ0) is 19.4. The van der Waals surface area contributed by atoms with Crippen LogP contribution in [0.2, 0.25) is 5.02 Å². The van der Waals surface area contributed by atoms with Gasteiger partial charge in [0.25, 0.3) is 5.91 Å². The van der Waals surface area contributed by atoms with Gasteiger partial charge in [0.1, 0.15) is 23.4 Å². The lowest BCUT2D eigenvalue weighted by molar-refractivity contribution is -0.123. The molecule has 27 heavy (non-hydrogen) atoms. The van der Waals surface area contributed by atoms with Gasteiger partial charge >= 0.3 is 0 Å². The molecule has 1 aromatic heterocycles. The number of hydrogen-bond acceptors (Lipinski definition) is 3. The number of hydrogen-bond donors (Lipinski definition) is 1. The summed E-state index contributed by atoms with van der Waals surface area (Å²) in [6, 6.07) is 10.7. The Labute approximate surface area is 161 Å². The van der Waals surface area contributed by atoms with Crippen LogP contribution in [0.25, 0.3) is 0 Å². The fourth-order valence-corrected chi connectivity index (χ4v) is 2.81. The van der Waals surface area contributed by atoms with Gasteiger partial charge in [0.15, 0.2) is 6.61 Å². The number of ether oxygens (including phenoxy) is 1. The van der Waals surface area contributed by atoms with E-state index >= 15 is 0 Å². The molecule has 140 valence electrons. The fourth-order valence-electron chi connectivity index (χ4n) is 2.70. The summed E-state index contributed by atoms with van der Waals surface area (Å²) in [6.07, 6.45) is 3.39. The van der Waals surface area contributed by atoms with Gasteiger partial charge in [0, 0.05) is 24.5 Å². The maximum atomic E-state index is 13.7. The van der Waals surface area contributed by atoms with Gasteiger partial charge in [-0.3, -0.25) is 4.79 Å². The molecule has 1 amide bonds. The van der Waals surface area contributed by atoms with Crippen molar-refractivity contribution in [1.82, 2.24) is 14.9 Å². The van der Waals surface area contributed by atoms with Crippen LogP contribution in [0.5, 0.6) is 5.75 Å². The summed E-state index contributed by atoms with van der Waals surface area (Å²) in [5, 5.41) is 3.49. The zero-order valence-corrected chi connectivity index (χ0v) is 15.7. The number of amides is 1. The van der Waals surface area contributed by atoms with E-state index in [1.807, 2.05) is 14.0 Å². The first-order chi connectivity index (χ1) is 12.9. The van der Waals surface area contributed by atoms with Gasteiger partial charge < -0.3 is 14.6 Å². The maximum absolute atomic E-state index is 13.7. The highest BCUT2D eigenvalue weighted by Crippen LogP contribution is 2.22. The first-order valence-electron chi connectivity index (χ1n) is 8.35. The summed E-state index contributed by atoms with van der Waals surface area (Å²) in [4.78, 5) is 16.7. The minimum absolute atomic E-state index is 0.183. The summed E-state index contributed by atoms with van der Waals surface area (Å²) in [6.45, 7) is 1.67. The molecule has 0 spiro atoms. The van der Waals surface area contributed by atoms with Gasteiger partial charge in [-0.15, -0.1) is 0 Å². The molecule has 3 rings (SSSR count). The molecule has 7 heteroatoms. The van der Waals surface area contributed by atoms with Crippen LogP contribution in [0.15, 0.2) is 54.9 Å². The van der Waals surface area contributed by atoms with E-state index in [2.05, 4.69) is 10.3 Å². The number of nitrogens with zero attached hydrogens (tertiary/aromatic N) is 2. The largest absolute Gasteiger partial charge is 0.484 e. The van der Waals surface area contributed by atoms with Crippen LogP contribution in [-0.2, 0) is 11.8 Å². The molecule has 0 unspecified atom stereocenters. The van der Waals surface area contributed by atoms with Crippen LogP contribution < -0.4 is 10.1 Å². The van der Waals surface area contributed by atoms with Crippen molar-refractivity contribution in [3.8, 4) is 5.75 Å². The van der Waals surface area contributed by atoms with E-state index < -0.39 is 6.04 Å². The Morgan fingerprint density at radius 3 is 2.81 bits per heavy atom. The van der Waals surface area contributed by atoms with Crippen LogP contribution >= 0.6 is 11.6 Å². The fraction of sp³-hybridized carbons (Fsp3) is 0.200. The normalized spacial score (nSPS) is 11.9. The Morgan fingerprint density at radius 2 is 2.15 bits per heavy atom. The third-order valence-electron chi connectivity index (χ3n) is 4.10. The van der Waals surface area contributed by atoms with Crippen molar-refractivity contribution in [3.05, 3.63) is 82.6 Å². The second kappa shape index (κ2) is 8.22. The summed E-state index contributed by atoms with van der Waals surface area (Å²) in [5.74, 6) is 0.413. The predicted octanol–water partition coefficient (Wildman–Crippen LogP) is 3.81. The van der Waals surface area contributed by atoms with E-state index in [9.17, 15) is 9.18 Å². The molecule has 0 radical (unpaired) electrons. The van der Waals surface area contributed by atoms with Crippen LogP contribution in [0.1, 0.15) is 23.0 Å². The first-order valence-corrected chi connectivity index (χ1v) is 8.73. The molecule has 0 bridgehead atoms.